The van der Waals surface area contributed by atoms with Crippen LogP contribution in [0.25, 0.3) is 6.08 Å². The lowest BCUT2D eigenvalue weighted by Gasteiger charge is -2.12. The van der Waals surface area contributed by atoms with E-state index in [1.165, 1.54) is 13.2 Å². The van der Waals surface area contributed by atoms with Gasteiger partial charge in [-0.25, -0.2) is 0 Å². The topological polar surface area (TPSA) is 88.7 Å². The standard InChI is InChI=1S/C19H19N3O4S/c1-25-15-9-5-6-10-16(15)26-13-18(24)21-22-19(27)20-17(23)12-11-14-7-3-2-4-8-14/h2-12H,13H2,1H3,(H,21,24)(H2,20,22,23,27)/b12-11+. The van der Waals surface area contributed by atoms with E-state index in [4.69, 9.17) is 21.7 Å². The fourth-order valence-corrected chi connectivity index (χ4v) is 2.12. The number of amides is 2. The molecule has 140 valence electrons. The summed E-state index contributed by atoms with van der Waals surface area (Å²) in [5.41, 5.74) is 5.65. The average Bonchev–Trinajstić information content (AvgIpc) is 2.70. The number of hydrogen-bond donors (Lipinski definition) is 3. The van der Waals surface area contributed by atoms with Crippen LogP contribution in [-0.2, 0) is 9.59 Å². The molecule has 0 radical (unpaired) electrons. The molecular formula is C19H19N3O4S. The summed E-state index contributed by atoms with van der Waals surface area (Å²) in [6.45, 7) is -0.252. The van der Waals surface area contributed by atoms with Crippen molar-refractivity contribution in [1.29, 1.82) is 0 Å². The van der Waals surface area contributed by atoms with Gasteiger partial charge < -0.3 is 9.47 Å². The SMILES string of the molecule is COc1ccccc1OCC(=O)NNC(=S)NC(=O)/C=C/c1ccccc1. The minimum atomic E-state index is -0.475. The van der Waals surface area contributed by atoms with Crippen LogP contribution in [0.1, 0.15) is 5.56 Å². The summed E-state index contributed by atoms with van der Waals surface area (Å²) in [5, 5.41) is 2.38. The van der Waals surface area contributed by atoms with Gasteiger partial charge in [0, 0.05) is 6.08 Å². The van der Waals surface area contributed by atoms with E-state index in [1.807, 2.05) is 30.3 Å². The normalized spacial score (nSPS) is 10.1. The predicted octanol–water partition coefficient (Wildman–Crippen LogP) is 1.81. The molecule has 0 fully saturated rings. The Morgan fingerprint density at radius 1 is 1.00 bits per heavy atom. The molecule has 0 aliphatic rings. The van der Waals surface area contributed by atoms with E-state index >= 15 is 0 Å². The van der Waals surface area contributed by atoms with Gasteiger partial charge in [-0.1, -0.05) is 42.5 Å². The molecule has 0 unspecified atom stereocenters. The molecule has 2 rings (SSSR count). The van der Waals surface area contributed by atoms with Crippen molar-refractivity contribution in [3.63, 3.8) is 0 Å². The number of hydrogen-bond acceptors (Lipinski definition) is 5. The van der Waals surface area contributed by atoms with Crippen molar-refractivity contribution in [1.82, 2.24) is 16.2 Å². The third kappa shape index (κ3) is 7.17. The fraction of sp³-hybridized carbons (Fsp3) is 0.105. The van der Waals surface area contributed by atoms with E-state index < -0.39 is 11.8 Å². The summed E-state index contributed by atoms with van der Waals surface area (Å²) in [6, 6.07) is 16.3. The van der Waals surface area contributed by atoms with E-state index in [0.29, 0.717) is 11.5 Å². The minimum absolute atomic E-state index is 0.0386. The van der Waals surface area contributed by atoms with Gasteiger partial charge in [0.05, 0.1) is 7.11 Å². The maximum atomic E-state index is 11.8. The van der Waals surface area contributed by atoms with Crippen molar-refractivity contribution in [2.75, 3.05) is 13.7 Å². The van der Waals surface area contributed by atoms with Crippen LogP contribution >= 0.6 is 12.2 Å². The molecule has 0 saturated carbocycles. The molecule has 2 aromatic carbocycles. The number of hydrazine groups is 1. The van der Waals surface area contributed by atoms with Gasteiger partial charge in [0.2, 0.25) is 5.91 Å². The van der Waals surface area contributed by atoms with Crippen LogP contribution in [0.15, 0.2) is 60.7 Å². The molecule has 2 aromatic rings. The molecule has 8 heteroatoms. The first kappa shape index (κ1) is 19.9. The molecule has 0 saturated heterocycles. The first-order valence-corrected chi connectivity index (χ1v) is 8.38. The van der Waals surface area contributed by atoms with Crippen LogP contribution in [0.2, 0.25) is 0 Å². The van der Waals surface area contributed by atoms with Crippen LogP contribution in [0.5, 0.6) is 11.5 Å². The maximum absolute atomic E-state index is 11.8. The number of methoxy groups -OCH3 is 1. The monoisotopic (exact) mass is 385 g/mol. The van der Waals surface area contributed by atoms with E-state index in [2.05, 4.69) is 16.2 Å². The highest BCUT2D eigenvalue weighted by atomic mass is 32.1. The van der Waals surface area contributed by atoms with Gasteiger partial charge in [0.25, 0.3) is 5.91 Å². The Balaban J connectivity index is 1.70. The lowest BCUT2D eigenvalue weighted by molar-refractivity contribution is -0.123. The molecule has 0 atom stereocenters. The summed E-state index contributed by atoms with van der Waals surface area (Å²) < 4.78 is 10.5. The third-order valence-corrected chi connectivity index (χ3v) is 3.41. The summed E-state index contributed by atoms with van der Waals surface area (Å²) in [4.78, 5) is 23.6. The summed E-state index contributed by atoms with van der Waals surface area (Å²) in [6.07, 6.45) is 2.99. The van der Waals surface area contributed by atoms with Crippen LogP contribution in [-0.4, -0.2) is 30.6 Å². The molecule has 0 heterocycles. The van der Waals surface area contributed by atoms with Crippen LogP contribution in [0, 0.1) is 0 Å². The highest BCUT2D eigenvalue weighted by Gasteiger charge is 2.07. The van der Waals surface area contributed by atoms with Gasteiger partial charge in [-0.3, -0.25) is 25.8 Å². The number of carbonyl (C=O) groups is 2. The number of benzene rings is 2. The Morgan fingerprint density at radius 2 is 1.67 bits per heavy atom. The Labute approximate surface area is 162 Å². The van der Waals surface area contributed by atoms with Gasteiger partial charge in [-0.2, -0.15) is 0 Å². The molecule has 0 aliphatic carbocycles. The second-order valence-corrected chi connectivity index (χ2v) is 5.58. The smallest absolute Gasteiger partial charge is 0.276 e. The van der Waals surface area contributed by atoms with Crippen molar-refractivity contribution >= 4 is 35.2 Å². The van der Waals surface area contributed by atoms with E-state index in [1.54, 1.807) is 30.3 Å². The largest absolute Gasteiger partial charge is 0.493 e. The molecule has 3 N–H and O–H groups in total. The summed E-state index contributed by atoms with van der Waals surface area (Å²) >= 11 is 4.94. The van der Waals surface area contributed by atoms with E-state index in [-0.39, 0.29) is 11.7 Å². The molecule has 27 heavy (non-hydrogen) atoms. The lowest BCUT2D eigenvalue weighted by atomic mass is 10.2. The molecule has 7 nitrogen and oxygen atoms in total. The number of nitrogens with one attached hydrogen (secondary N) is 3. The minimum Gasteiger partial charge on any atom is -0.493 e. The number of rotatable bonds is 6. The van der Waals surface area contributed by atoms with Crippen LogP contribution in [0.3, 0.4) is 0 Å². The maximum Gasteiger partial charge on any atom is 0.276 e. The predicted molar refractivity (Wildman–Crippen MR) is 106 cm³/mol. The lowest BCUT2D eigenvalue weighted by Crippen LogP contribution is -2.49. The average molecular weight is 385 g/mol. The van der Waals surface area contributed by atoms with Crippen molar-refractivity contribution < 1.29 is 19.1 Å². The van der Waals surface area contributed by atoms with Crippen molar-refractivity contribution in [3.05, 3.63) is 66.2 Å². The first-order chi connectivity index (χ1) is 13.1. The second-order valence-electron chi connectivity index (χ2n) is 5.18. The molecule has 0 bridgehead atoms. The van der Waals surface area contributed by atoms with E-state index in [9.17, 15) is 9.59 Å². The van der Waals surface area contributed by atoms with Gasteiger partial charge in [0.15, 0.2) is 23.2 Å². The molecule has 0 spiro atoms. The number of thiocarbonyl (C=S) groups is 1. The van der Waals surface area contributed by atoms with Crippen molar-refractivity contribution in [3.8, 4) is 11.5 Å². The zero-order valence-electron chi connectivity index (χ0n) is 14.6. The zero-order chi connectivity index (χ0) is 19.5. The fourth-order valence-electron chi connectivity index (χ4n) is 1.96. The Morgan fingerprint density at radius 3 is 2.37 bits per heavy atom. The number of ether oxygens (including phenoxy) is 2. The molecular weight excluding hydrogens is 366 g/mol. The summed E-state index contributed by atoms with van der Waals surface area (Å²) in [5.74, 6) is 0.0662. The van der Waals surface area contributed by atoms with E-state index in [0.717, 1.165) is 5.56 Å². The third-order valence-electron chi connectivity index (χ3n) is 3.21. The summed E-state index contributed by atoms with van der Waals surface area (Å²) in [7, 11) is 1.51. The number of para-hydroxylation sites is 2. The van der Waals surface area contributed by atoms with Gasteiger partial charge in [-0.15, -0.1) is 0 Å². The van der Waals surface area contributed by atoms with Gasteiger partial charge in [-0.05, 0) is 36.0 Å². The van der Waals surface area contributed by atoms with Crippen molar-refractivity contribution in [2.24, 2.45) is 0 Å². The van der Waals surface area contributed by atoms with Crippen molar-refractivity contribution in [2.45, 2.75) is 0 Å². The van der Waals surface area contributed by atoms with Gasteiger partial charge >= 0.3 is 0 Å². The highest BCUT2D eigenvalue weighted by molar-refractivity contribution is 7.80. The quantitative estimate of drug-likeness (QED) is 0.399. The van der Waals surface area contributed by atoms with Crippen LogP contribution in [0.4, 0.5) is 0 Å². The highest BCUT2D eigenvalue weighted by Crippen LogP contribution is 2.25. The van der Waals surface area contributed by atoms with Gasteiger partial charge in [0.1, 0.15) is 0 Å². The zero-order valence-corrected chi connectivity index (χ0v) is 15.4. The number of carbonyl (C=O) groups excluding carboxylic acids is 2. The first-order valence-electron chi connectivity index (χ1n) is 7.97. The second kappa shape index (κ2) is 10.6. The molecule has 0 aliphatic heterocycles. The molecule has 2 amide bonds. The van der Waals surface area contributed by atoms with Crippen LogP contribution < -0.4 is 25.6 Å². The Bertz CT molecular complexity index is 825. The molecule has 0 aromatic heterocycles. The Kier molecular flexibility index (Phi) is 7.80. The Hall–Kier alpha value is -3.39.